The summed E-state index contributed by atoms with van der Waals surface area (Å²) in [4.78, 5) is 15.0. The minimum atomic E-state index is 0.149. The maximum absolute atomic E-state index is 12.8. The third-order valence-electron chi connectivity index (χ3n) is 4.02. The molecule has 0 atom stereocenters. The Kier molecular flexibility index (Phi) is 5.62. The molecule has 0 aromatic heterocycles. The van der Waals surface area contributed by atoms with E-state index in [0.29, 0.717) is 0 Å². The molecule has 1 aliphatic carbocycles. The molecule has 0 bridgehead atoms. The normalized spacial score (nSPS) is 21.9. The minimum absolute atomic E-state index is 0.149. The molecule has 1 N–H and O–H groups in total. The second-order valence-corrected chi connectivity index (χ2v) is 5.47. The third kappa shape index (κ3) is 3.76. The van der Waals surface area contributed by atoms with Crippen molar-refractivity contribution in [2.75, 3.05) is 32.8 Å². The standard InChI is InChI=1S/C17H26N2O2/c1-4-13(3)16-15(18-5-2)7-6-14(17(16)20)12-19-8-10-21-11-9-19/h12,18H,3-11H2,1-2H3/b14-12-. The number of hydrogen-bond acceptors (Lipinski definition) is 4. The quantitative estimate of drug-likeness (QED) is 0.790. The summed E-state index contributed by atoms with van der Waals surface area (Å²) in [5.74, 6) is 0.149. The first-order valence-corrected chi connectivity index (χ1v) is 7.89. The van der Waals surface area contributed by atoms with Crippen molar-refractivity contribution < 1.29 is 9.53 Å². The molecule has 4 nitrogen and oxygen atoms in total. The van der Waals surface area contributed by atoms with E-state index < -0.39 is 0 Å². The monoisotopic (exact) mass is 290 g/mol. The Hall–Kier alpha value is -1.55. The highest BCUT2D eigenvalue weighted by molar-refractivity contribution is 6.12. The van der Waals surface area contributed by atoms with Gasteiger partial charge in [0.15, 0.2) is 5.78 Å². The van der Waals surface area contributed by atoms with Crippen LogP contribution in [0.1, 0.15) is 33.1 Å². The molecule has 0 spiro atoms. The summed E-state index contributed by atoms with van der Waals surface area (Å²) in [6, 6.07) is 0. The Balaban J connectivity index is 2.23. The Bertz CT molecular complexity index is 471. The number of nitrogens with zero attached hydrogens (tertiary/aromatic N) is 1. The molecule has 1 fully saturated rings. The average Bonchev–Trinajstić information content (AvgIpc) is 2.51. The number of hydrogen-bond donors (Lipinski definition) is 1. The molecule has 0 aromatic rings. The number of allylic oxidation sites excluding steroid dienone is 4. The maximum Gasteiger partial charge on any atom is 0.192 e. The molecular formula is C17H26N2O2. The van der Waals surface area contributed by atoms with Crippen molar-refractivity contribution in [2.45, 2.75) is 33.1 Å². The number of morpholine rings is 1. The summed E-state index contributed by atoms with van der Waals surface area (Å²) in [6.45, 7) is 12.2. The van der Waals surface area contributed by atoms with Crippen molar-refractivity contribution in [2.24, 2.45) is 0 Å². The molecular weight excluding hydrogens is 264 g/mol. The molecule has 2 aliphatic rings. The third-order valence-corrected chi connectivity index (χ3v) is 4.02. The Labute approximate surface area is 127 Å². The van der Waals surface area contributed by atoms with E-state index in [1.807, 2.05) is 13.1 Å². The number of Topliss-reactive ketones (excluding diaryl/α,β-unsaturated/α-hetero) is 1. The number of ether oxygens (including phenoxy) is 1. The lowest BCUT2D eigenvalue weighted by Crippen LogP contribution is -2.33. The van der Waals surface area contributed by atoms with Crippen LogP contribution in [0.15, 0.2) is 35.2 Å². The van der Waals surface area contributed by atoms with Gasteiger partial charge in [-0.05, 0) is 31.8 Å². The van der Waals surface area contributed by atoms with Gasteiger partial charge in [-0.2, -0.15) is 0 Å². The SMILES string of the molecule is C=C(CC)C1=C(NCC)CC/C(=C/N2CCOCC2)C1=O. The summed E-state index contributed by atoms with van der Waals surface area (Å²) < 4.78 is 5.35. The van der Waals surface area contributed by atoms with Crippen molar-refractivity contribution >= 4 is 5.78 Å². The Morgan fingerprint density at radius 1 is 1.33 bits per heavy atom. The summed E-state index contributed by atoms with van der Waals surface area (Å²) in [7, 11) is 0. The van der Waals surface area contributed by atoms with Gasteiger partial charge < -0.3 is 15.0 Å². The average molecular weight is 290 g/mol. The summed E-state index contributed by atoms with van der Waals surface area (Å²) in [5.41, 5.74) is 3.71. The topological polar surface area (TPSA) is 41.6 Å². The zero-order valence-corrected chi connectivity index (χ0v) is 13.2. The van der Waals surface area contributed by atoms with Crippen molar-refractivity contribution in [3.8, 4) is 0 Å². The molecule has 0 aromatic carbocycles. The summed E-state index contributed by atoms with van der Waals surface area (Å²) >= 11 is 0. The predicted molar refractivity (Wildman–Crippen MR) is 84.8 cm³/mol. The second kappa shape index (κ2) is 7.46. The lowest BCUT2D eigenvalue weighted by Gasteiger charge is -2.28. The molecule has 0 unspecified atom stereocenters. The molecule has 0 amide bonds. The van der Waals surface area contributed by atoms with Crippen LogP contribution in [-0.2, 0) is 9.53 Å². The number of ketones is 1. The largest absolute Gasteiger partial charge is 0.388 e. The zero-order valence-electron chi connectivity index (χ0n) is 13.2. The fourth-order valence-corrected chi connectivity index (χ4v) is 2.79. The van der Waals surface area contributed by atoms with Crippen LogP contribution in [-0.4, -0.2) is 43.5 Å². The minimum Gasteiger partial charge on any atom is -0.388 e. The molecule has 4 heteroatoms. The van der Waals surface area contributed by atoms with E-state index in [1.54, 1.807) is 0 Å². The molecule has 1 aliphatic heterocycles. The highest BCUT2D eigenvalue weighted by Gasteiger charge is 2.26. The molecule has 0 radical (unpaired) electrons. The van der Waals surface area contributed by atoms with Crippen LogP contribution >= 0.6 is 0 Å². The Morgan fingerprint density at radius 2 is 2.05 bits per heavy atom. The molecule has 0 saturated carbocycles. The lowest BCUT2D eigenvalue weighted by atomic mass is 9.86. The van der Waals surface area contributed by atoms with Crippen molar-refractivity contribution in [1.82, 2.24) is 10.2 Å². The van der Waals surface area contributed by atoms with Crippen LogP contribution in [0.25, 0.3) is 0 Å². The highest BCUT2D eigenvalue weighted by Crippen LogP contribution is 2.30. The van der Waals surface area contributed by atoms with Gasteiger partial charge in [0.25, 0.3) is 0 Å². The molecule has 2 rings (SSSR count). The van der Waals surface area contributed by atoms with Crippen LogP contribution in [0.4, 0.5) is 0 Å². The van der Waals surface area contributed by atoms with Crippen LogP contribution in [0, 0.1) is 0 Å². The lowest BCUT2D eigenvalue weighted by molar-refractivity contribution is -0.112. The van der Waals surface area contributed by atoms with Crippen molar-refractivity contribution in [3.63, 3.8) is 0 Å². The van der Waals surface area contributed by atoms with Gasteiger partial charge in [-0.25, -0.2) is 0 Å². The molecule has 116 valence electrons. The number of rotatable bonds is 5. The zero-order chi connectivity index (χ0) is 15.2. The van der Waals surface area contributed by atoms with Gasteiger partial charge in [0.2, 0.25) is 0 Å². The first-order chi connectivity index (χ1) is 10.2. The maximum atomic E-state index is 12.8. The van der Waals surface area contributed by atoms with Gasteiger partial charge >= 0.3 is 0 Å². The van der Waals surface area contributed by atoms with Crippen LogP contribution in [0.2, 0.25) is 0 Å². The number of nitrogens with one attached hydrogen (secondary N) is 1. The van der Waals surface area contributed by atoms with Crippen LogP contribution in [0.5, 0.6) is 0 Å². The van der Waals surface area contributed by atoms with E-state index in [1.165, 1.54) is 0 Å². The highest BCUT2D eigenvalue weighted by atomic mass is 16.5. The smallest absolute Gasteiger partial charge is 0.192 e. The molecule has 1 heterocycles. The number of carbonyl (C=O) groups is 1. The van der Waals surface area contributed by atoms with Crippen molar-refractivity contribution in [1.29, 1.82) is 0 Å². The van der Waals surface area contributed by atoms with Gasteiger partial charge in [0.05, 0.1) is 13.2 Å². The van der Waals surface area contributed by atoms with E-state index in [9.17, 15) is 4.79 Å². The van der Waals surface area contributed by atoms with E-state index in [4.69, 9.17) is 4.74 Å². The first-order valence-electron chi connectivity index (χ1n) is 7.89. The van der Waals surface area contributed by atoms with E-state index in [-0.39, 0.29) is 5.78 Å². The van der Waals surface area contributed by atoms with Crippen molar-refractivity contribution in [3.05, 3.63) is 35.2 Å². The van der Waals surface area contributed by atoms with Gasteiger partial charge in [0, 0.05) is 42.7 Å². The summed E-state index contributed by atoms with van der Waals surface area (Å²) in [6.07, 6.45) is 4.54. The molecule has 1 saturated heterocycles. The Morgan fingerprint density at radius 3 is 2.67 bits per heavy atom. The van der Waals surface area contributed by atoms with Gasteiger partial charge in [0.1, 0.15) is 0 Å². The predicted octanol–water partition coefficient (Wildman–Crippen LogP) is 2.40. The van der Waals surface area contributed by atoms with Gasteiger partial charge in [-0.15, -0.1) is 0 Å². The fraction of sp³-hybridized carbons (Fsp3) is 0.588. The van der Waals surface area contributed by atoms with Crippen LogP contribution < -0.4 is 5.32 Å². The van der Waals surface area contributed by atoms with E-state index in [2.05, 4.69) is 23.7 Å². The summed E-state index contributed by atoms with van der Waals surface area (Å²) in [5, 5.41) is 3.34. The van der Waals surface area contributed by atoms with Crippen LogP contribution in [0.3, 0.4) is 0 Å². The fourth-order valence-electron chi connectivity index (χ4n) is 2.79. The first kappa shape index (κ1) is 15.8. The van der Waals surface area contributed by atoms with E-state index >= 15 is 0 Å². The molecule has 21 heavy (non-hydrogen) atoms. The van der Waals surface area contributed by atoms with E-state index in [0.717, 1.165) is 74.5 Å². The number of carbonyl (C=O) groups excluding carboxylic acids is 1. The van der Waals surface area contributed by atoms with Gasteiger partial charge in [-0.1, -0.05) is 13.5 Å². The second-order valence-electron chi connectivity index (χ2n) is 5.47. The van der Waals surface area contributed by atoms with Gasteiger partial charge in [-0.3, -0.25) is 4.79 Å².